The van der Waals surface area contributed by atoms with E-state index in [1.54, 1.807) is 4.90 Å². The van der Waals surface area contributed by atoms with Crippen molar-refractivity contribution < 1.29 is 4.79 Å². The number of carbonyl (C=O) groups is 1. The zero-order valence-electron chi connectivity index (χ0n) is 5.59. The van der Waals surface area contributed by atoms with Gasteiger partial charge in [0.1, 0.15) is 0 Å². The summed E-state index contributed by atoms with van der Waals surface area (Å²) in [5.74, 6) is 2.39. The molecule has 0 aromatic carbocycles. The van der Waals surface area contributed by atoms with E-state index in [-0.39, 0.29) is 0 Å². The normalized spacial score (nSPS) is 21.9. The Morgan fingerprint density at radius 1 is 1.56 bits per heavy atom. The van der Waals surface area contributed by atoms with Crippen molar-refractivity contribution in [3.63, 3.8) is 0 Å². The van der Waals surface area contributed by atoms with Crippen LogP contribution in [0.1, 0.15) is 6.42 Å². The van der Waals surface area contributed by atoms with E-state index in [1.165, 1.54) is 0 Å². The van der Waals surface area contributed by atoms with Crippen LogP contribution in [0.4, 0.5) is 0 Å². The molecule has 0 aromatic heterocycles. The molecule has 1 rings (SSSR count). The first-order valence-electron chi connectivity index (χ1n) is 3.12. The van der Waals surface area contributed by atoms with Crippen molar-refractivity contribution in [2.45, 2.75) is 6.42 Å². The molecule has 3 heteroatoms. The van der Waals surface area contributed by atoms with Gasteiger partial charge in [-0.25, -0.2) is 0 Å². The summed E-state index contributed by atoms with van der Waals surface area (Å²) in [6.07, 6.45) is 0.723. The highest BCUT2D eigenvalue weighted by molar-refractivity contribution is 7.99. The second-order valence-electron chi connectivity index (χ2n) is 2.18. The quantitative estimate of drug-likeness (QED) is 0.497. The molecule has 1 amide bonds. The third-order valence-electron chi connectivity index (χ3n) is 1.46. The molecule has 0 N–H and O–H groups in total. The number of carbonyl (C=O) groups excluding carboxylic acids is 1. The predicted molar refractivity (Wildman–Crippen MR) is 39.6 cm³/mol. The molecule has 0 aliphatic carbocycles. The lowest BCUT2D eigenvalue weighted by molar-refractivity contribution is -0.129. The molecule has 1 aliphatic heterocycles. The lowest BCUT2D eigenvalue weighted by atomic mass is 10.4. The number of rotatable bonds is 0. The van der Waals surface area contributed by atoms with Gasteiger partial charge >= 0.3 is 0 Å². The minimum Gasteiger partial charge on any atom is -0.345 e. The van der Waals surface area contributed by atoms with E-state index in [0.29, 0.717) is 5.91 Å². The standard InChI is InChI=1S/C6H11NOS/c1-7-3-5-9-4-2-6(7)8/h2-5H2,1H3. The van der Waals surface area contributed by atoms with Crippen molar-refractivity contribution >= 4 is 17.7 Å². The number of hydrogen-bond acceptors (Lipinski definition) is 2. The number of nitrogens with zero attached hydrogens (tertiary/aromatic N) is 1. The van der Waals surface area contributed by atoms with Gasteiger partial charge < -0.3 is 4.90 Å². The first-order chi connectivity index (χ1) is 4.30. The first kappa shape index (κ1) is 6.93. The molecule has 1 fully saturated rings. The van der Waals surface area contributed by atoms with E-state index in [9.17, 15) is 4.79 Å². The maximum absolute atomic E-state index is 10.9. The van der Waals surface area contributed by atoms with Gasteiger partial charge in [0, 0.05) is 31.5 Å². The minimum atomic E-state index is 0.292. The van der Waals surface area contributed by atoms with Crippen molar-refractivity contribution in [1.82, 2.24) is 4.90 Å². The molecule has 0 atom stereocenters. The van der Waals surface area contributed by atoms with Crippen molar-refractivity contribution in [1.29, 1.82) is 0 Å². The van der Waals surface area contributed by atoms with Crippen LogP contribution < -0.4 is 0 Å². The Morgan fingerprint density at radius 3 is 3.11 bits per heavy atom. The molecule has 0 spiro atoms. The van der Waals surface area contributed by atoms with Crippen LogP contribution in [-0.4, -0.2) is 35.9 Å². The Kier molecular flexibility index (Phi) is 2.39. The topological polar surface area (TPSA) is 20.3 Å². The van der Waals surface area contributed by atoms with Gasteiger partial charge in [-0.15, -0.1) is 0 Å². The minimum absolute atomic E-state index is 0.292. The molecule has 9 heavy (non-hydrogen) atoms. The third kappa shape index (κ3) is 1.90. The largest absolute Gasteiger partial charge is 0.345 e. The molecule has 0 saturated carbocycles. The molecule has 0 radical (unpaired) electrons. The zero-order valence-corrected chi connectivity index (χ0v) is 6.41. The summed E-state index contributed by atoms with van der Waals surface area (Å²) in [4.78, 5) is 12.7. The molecular formula is C6H11NOS. The van der Waals surface area contributed by atoms with E-state index in [4.69, 9.17) is 0 Å². The smallest absolute Gasteiger partial charge is 0.223 e. The maximum atomic E-state index is 10.9. The second kappa shape index (κ2) is 3.11. The van der Waals surface area contributed by atoms with Gasteiger partial charge in [0.2, 0.25) is 5.91 Å². The van der Waals surface area contributed by atoms with E-state index in [0.717, 1.165) is 24.5 Å². The van der Waals surface area contributed by atoms with Gasteiger partial charge in [-0.3, -0.25) is 4.79 Å². The highest BCUT2D eigenvalue weighted by atomic mass is 32.2. The van der Waals surface area contributed by atoms with Gasteiger partial charge in [0.05, 0.1) is 0 Å². The van der Waals surface area contributed by atoms with Crippen molar-refractivity contribution in [2.24, 2.45) is 0 Å². The molecule has 52 valence electrons. The van der Waals surface area contributed by atoms with Crippen LogP contribution in [-0.2, 0) is 4.79 Å². The monoisotopic (exact) mass is 145 g/mol. The summed E-state index contributed by atoms with van der Waals surface area (Å²) in [6.45, 7) is 0.920. The van der Waals surface area contributed by atoms with Crippen molar-refractivity contribution in [2.75, 3.05) is 25.1 Å². The van der Waals surface area contributed by atoms with Gasteiger partial charge in [-0.2, -0.15) is 11.8 Å². The number of amides is 1. The van der Waals surface area contributed by atoms with Gasteiger partial charge in [0.25, 0.3) is 0 Å². The van der Waals surface area contributed by atoms with Crippen LogP contribution in [0.25, 0.3) is 0 Å². The average molecular weight is 145 g/mol. The summed E-state index contributed by atoms with van der Waals surface area (Å²) in [6, 6.07) is 0. The summed E-state index contributed by atoms with van der Waals surface area (Å²) >= 11 is 1.86. The first-order valence-corrected chi connectivity index (χ1v) is 4.28. The van der Waals surface area contributed by atoms with Gasteiger partial charge in [0.15, 0.2) is 0 Å². The zero-order chi connectivity index (χ0) is 6.69. The van der Waals surface area contributed by atoms with Crippen molar-refractivity contribution in [3.8, 4) is 0 Å². The van der Waals surface area contributed by atoms with Crippen LogP contribution in [0.5, 0.6) is 0 Å². The fraction of sp³-hybridized carbons (Fsp3) is 0.833. The third-order valence-corrected chi connectivity index (χ3v) is 2.42. The fourth-order valence-electron chi connectivity index (χ4n) is 0.779. The van der Waals surface area contributed by atoms with Crippen LogP contribution in [0, 0.1) is 0 Å². The lowest BCUT2D eigenvalue weighted by Gasteiger charge is -2.11. The molecule has 0 bridgehead atoms. The van der Waals surface area contributed by atoms with E-state index in [2.05, 4.69) is 0 Å². The highest BCUT2D eigenvalue weighted by Gasteiger charge is 2.11. The summed E-state index contributed by atoms with van der Waals surface area (Å²) in [7, 11) is 1.87. The molecule has 0 unspecified atom stereocenters. The Labute approximate surface area is 59.6 Å². The molecule has 1 heterocycles. The average Bonchev–Trinajstić information content (AvgIpc) is 1.99. The van der Waals surface area contributed by atoms with E-state index >= 15 is 0 Å². The van der Waals surface area contributed by atoms with Crippen LogP contribution >= 0.6 is 11.8 Å². The molecular weight excluding hydrogens is 134 g/mol. The van der Waals surface area contributed by atoms with Gasteiger partial charge in [-0.05, 0) is 0 Å². The van der Waals surface area contributed by atoms with Crippen molar-refractivity contribution in [3.05, 3.63) is 0 Å². The lowest BCUT2D eigenvalue weighted by Crippen LogP contribution is -2.26. The summed E-state index contributed by atoms with van der Waals surface area (Å²) in [5, 5.41) is 0. The number of hydrogen-bond donors (Lipinski definition) is 0. The van der Waals surface area contributed by atoms with E-state index in [1.807, 2.05) is 18.8 Å². The SMILES string of the molecule is CN1CCSCCC1=O. The highest BCUT2D eigenvalue weighted by Crippen LogP contribution is 2.08. The Hall–Kier alpha value is -0.180. The Bertz CT molecular complexity index is 116. The predicted octanol–water partition coefficient (Wildman–Crippen LogP) is 0.582. The van der Waals surface area contributed by atoms with Gasteiger partial charge in [-0.1, -0.05) is 0 Å². The van der Waals surface area contributed by atoms with Crippen LogP contribution in [0.2, 0.25) is 0 Å². The molecule has 1 aliphatic rings. The fourth-order valence-corrected chi connectivity index (χ4v) is 1.70. The second-order valence-corrected chi connectivity index (χ2v) is 3.40. The summed E-state index contributed by atoms with van der Waals surface area (Å²) < 4.78 is 0. The Morgan fingerprint density at radius 2 is 2.33 bits per heavy atom. The van der Waals surface area contributed by atoms with E-state index < -0.39 is 0 Å². The summed E-state index contributed by atoms with van der Waals surface area (Å²) in [5.41, 5.74) is 0. The van der Waals surface area contributed by atoms with Crippen LogP contribution in [0.15, 0.2) is 0 Å². The number of thioether (sulfide) groups is 1. The molecule has 1 saturated heterocycles. The Balaban J connectivity index is 2.41. The molecule has 0 aromatic rings. The maximum Gasteiger partial charge on any atom is 0.223 e. The van der Waals surface area contributed by atoms with Crippen LogP contribution in [0.3, 0.4) is 0 Å². The molecule has 2 nitrogen and oxygen atoms in total.